The van der Waals surface area contributed by atoms with E-state index < -0.39 is 5.54 Å². The maximum Gasteiger partial charge on any atom is 0.325 e. The second-order valence-electron chi connectivity index (χ2n) is 9.39. The smallest absolute Gasteiger partial charge is 0.325 e. The van der Waals surface area contributed by atoms with Crippen molar-refractivity contribution in [2.75, 3.05) is 19.6 Å². The van der Waals surface area contributed by atoms with Crippen molar-refractivity contribution >= 4 is 28.8 Å². The number of pyridine rings is 1. The predicted octanol–water partition coefficient (Wildman–Crippen LogP) is 4.01. The molecule has 1 N–H and O–H groups in total. The molecule has 35 heavy (non-hydrogen) atoms. The minimum atomic E-state index is -0.912. The summed E-state index contributed by atoms with van der Waals surface area (Å²) in [7, 11) is 0. The quantitative estimate of drug-likeness (QED) is 0.522. The Labute approximate surface area is 204 Å². The number of amides is 4. The van der Waals surface area contributed by atoms with Crippen LogP contribution in [-0.4, -0.2) is 57.8 Å². The molecule has 0 aliphatic carbocycles. The van der Waals surface area contributed by atoms with Crippen molar-refractivity contribution in [2.24, 2.45) is 5.92 Å². The molecule has 4 amide bonds. The fourth-order valence-electron chi connectivity index (χ4n) is 5.48. The summed E-state index contributed by atoms with van der Waals surface area (Å²) >= 11 is 0. The number of fused-ring (bicyclic) bond motifs is 1. The Bertz CT molecular complexity index is 1200. The fraction of sp³-hybridized carbons (Fsp3) is 0.407. The van der Waals surface area contributed by atoms with Gasteiger partial charge in [0.1, 0.15) is 11.1 Å². The molecule has 1 aromatic carbocycles. The first kappa shape index (κ1) is 23.1. The number of benzene rings is 1. The number of imide groups is 1. The topological polar surface area (TPSA) is 95.8 Å². The first-order valence-corrected chi connectivity index (χ1v) is 12.3. The second kappa shape index (κ2) is 9.52. The maximum absolute atomic E-state index is 13.6. The molecule has 5 rings (SSSR count). The van der Waals surface area contributed by atoms with Crippen molar-refractivity contribution in [3.63, 3.8) is 0 Å². The van der Waals surface area contributed by atoms with E-state index in [1.54, 1.807) is 17.2 Å². The largest absolute Gasteiger partial charge is 0.451 e. The lowest BCUT2D eigenvalue weighted by atomic mass is 9.74. The van der Waals surface area contributed by atoms with Gasteiger partial charge in [-0.2, -0.15) is 0 Å². The van der Waals surface area contributed by atoms with E-state index in [0.29, 0.717) is 56.7 Å². The molecule has 2 aliphatic heterocycles. The summed E-state index contributed by atoms with van der Waals surface area (Å²) < 4.78 is 5.76. The number of carbonyl (C=O) groups excluding carboxylic acids is 3. The van der Waals surface area contributed by atoms with E-state index in [2.05, 4.69) is 10.3 Å². The number of urea groups is 1. The lowest BCUT2D eigenvalue weighted by molar-refractivity contribution is -0.134. The third kappa shape index (κ3) is 4.29. The van der Waals surface area contributed by atoms with Gasteiger partial charge in [0, 0.05) is 43.3 Å². The molecule has 2 saturated heterocycles. The zero-order valence-electron chi connectivity index (χ0n) is 19.9. The van der Waals surface area contributed by atoms with Crippen LogP contribution in [0.25, 0.3) is 11.0 Å². The number of rotatable bonds is 7. The average molecular weight is 475 g/mol. The van der Waals surface area contributed by atoms with Gasteiger partial charge in [0.05, 0.1) is 0 Å². The highest BCUT2D eigenvalue weighted by molar-refractivity contribution is 6.07. The van der Waals surface area contributed by atoms with Crippen LogP contribution in [0.3, 0.4) is 0 Å². The van der Waals surface area contributed by atoms with E-state index in [1.807, 2.05) is 49.4 Å². The molecule has 1 atom stereocenters. The molecule has 0 radical (unpaired) electrons. The summed E-state index contributed by atoms with van der Waals surface area (Å²) in [4.78, 5) is 47.0. The fourth-order valence-corrected chi connectivity index (χ4v) is 5.48. The van der Waals surface area contributed by atoms with Gasteiger partial charge >= 0.3 is 6.03 Å². The van der Waals surface area contributed by atoms with Gasteiger partial charge in [0.2, 0.25) is 0 Å². The lowest BCUT2D eigenvalue weighted by Gasteiger charge is -2.40. The van der Waals surface area contributed by atoms with Gasteiger partial charge in [-0.05, 0) is 49.4 Å². The number of aromatic nitrogens is 1. The van der Waals surface area contributed by atoms with Gasteiger partial charge in [-0.1, -0.05) is 37.6 Å². The molecule has 2 aliphatic rings. The summed E-state index contributed by atoms with van der Waals surface area (Å²) in [5.41, 5.74) is 0.626. The summed E-state index contributed by atoms with van der Waals surface area (Å²) in [5.74, 6) is 0.0163. The van der Waals surface area contributed by atoms with E-state index in [9.17, 15) is 14.4 Å². The molecule has 0 saturated carbocycles. The molecule has 0 unspecified atom stereocenters. The first-order valence-electron chi connectivity index (χ1n) is 12.3. The Morgan fingerprint density at radius 2 is 1.91 bits per heavy atom. The Hall–Kier alpha value is -3.68. The third-order valence-electron chi connectivity index (χ3n) is 7.28. The number of piperidine rings is 1. The molecule has 8 nitrogen and oxygen atoms in total. The van der Waals surface area contributed by atoms with Crippen molar-refractivity contribution < 1.29 is 18.8 Å². The highest BCUT2D eigenvalue weighted by Crippen LogP contribution is 2.37. The van der Waals surface area contributed by atoms with Gasteiger partial charge in [-0.15, -0.1) is 0 Å². The monoisotopic (exact) mass is 474 g/mol. The van der Waals surface area contributed by atoms with Crippen molar-refractivity contribution in [3.05, 3.63) is 66.2 Å². The lowest BCUT2D eigenvalue weighted by Crippen LogP contribution is -2.56. The van der Waals surface area contributed by atoms with Crippen LogP contribution < -0.4 is 5.32 Å². The molecule has 0 spiro atoms. The summed E-state index contributed by atoms with van der Waals surface area (Å²) in [6.07, 6.45) is 4.88. The average Bonchev–Trinajstić information content (AvgIpc) is 3.42. The zero-order chi connectivity index (χ0) is 24.4. The summed E-state index contributed by atoms with van der Waals surface area (Å²) in [5, 5.41) is 3.96. The number of furan rings is 1. The van der Waals surface area contributed by atoms with Gasteiger partial charge in [-0.25, -0.2) is 4.79 Å². The number of hydrogen-bond acceptors (Lipinski definition) is 5. The molecule has 8 heteroatoms. The van der Waals surface area contributed by atoms with Crippen molar-refractivity contribution in [2.45, 2.75) is 44.6 Å². The highest BCUT2D eigenvalue weighted by atomic mass is 16.3. The van der Waals surface area contributed by atoms with E-state index >= 15 is 0 Å². The maximum atomic E-state index is 13.6. The minimum absolute atomic E-state index is 0.0292. The Morgan fingerprint density at radius 3 is 2.63 bits per heavy atom. The van der Waals surface area contributed by atoms with E-state index in [1.165, 1.54) is 4.90 Å². The number of hydrogen-bond donors (Lipinski definition) is 1. The number of carbonyl (C=O) groups is 3. The highest BCUT2D eigenvalue weighted by Gasteiger charge is 2.55. The number of likely N-dealkylation sites (tertiary alicyclic amines) is 1. The van der Waals surface area contributed by atoms with Crippen molar-refractivity contribution in [3.8, 4) is 0 Å². The molecule has 2 fully saturated rings. The van der Waals surface area contributed by atoms with Crippen LogP contribution in [0.4, 0.5) is 4.79 Å². The normalized spacial score (nSPS) is 21.1. The standard InChI is InChI=1S/C27H30N4O4/c1-2-13-27(25(33)31(26(34)29-27)17-12-21-8-5-6-14-28-21)20-10-15-30(16-11-20)24(32)23-18-19-7-3-4-9-22(19)35-23/h3-9,14,18,20H,2,10-13,15-17H2,1H3,(H,29,34)/t27-/m0/s1. The van der Waals surface area contributed by atoms with Crippen molar-refractivity contribution in [1.29, 1.82) is 0 Å². The van der Waals surface area contributed by atoms with E-state index in [4.69, 9.17) is 4.42 Å². The number of para-hydroxylation sites is 1. The predicted molar refractivity (Wildman–Crippen MR) is 131 cm³/mol. The van der Waals surface area contributed by atoms with Crippen molar-refractivity contribution in [1.82, 2.24) is 20.1 Å². The van der Waals surface area contributed by atoms with Crippen LogP contribution in [-0.2, 0) is 11.2 Å². The summed E-state index contributed by atoms with van der Waals surface area (Å²) in [6, 6.07) is 14.6. The number of nitrogens with zero attached hydrogens (tertiary/aromatic N) is 3. The molecule has 2 aromatic heterocycles. The van der Waals surface area contributed by atoms with Crippen LogP contribution in [0.1, 0.15) is 48.9 Å². The van der Waals surface area contributed by atoms with E-state index in [-0.39, 0.29) is 23.8 Å². The van der Waals surface area contributed by atoms with Gasteiger partial charge in [0.15, 0.2) is 5.76 Å². The molecule has 3 aromatic rings. The van der Waals surface area contributed by atoms with Crippen LogP contribution >= 0.6 is 0 Å². The Morgan fingerprint density at radius 1 is 1.14 bits per heavy atom. The van der Waals surface area contributed by atoms with Crippen LogP contribution in [0.2, 0.25) is 0 Å². The zero-order valence-corrected chi connectivity index (χ0v) is 19.9. The molecule has 4 heterocycles. The number of nitrogens with one attached hydrogen (secondary N) is 1. The molecular weight excluding hydrogens is 444 g/mol. The molecular formula is C27H30N4O4. The third-order valence-corrected chi connectivity index (χ3v) is 7.28. The minimum Gasteiger partial charge on any atom is -0.451 e. The second-order valence-corrected chi connectivity index (χ2v) is 9.39. The van der Waals surface area contributed by atoms with Crippen LogP contribution in [0.15, 0.2) is 59.1 Å². The Kier molecular flexibility index (Phi) is 6.28. The SMILES string of the molecule is CCC[C@@]1(C2CCN(C(=O)c3cc4ccccc4o3)CC2)NC(=O)N(CCc2ccccn2)C1=O. The summed E-state index contributed by atoms with van der Waals surface area (Å²) in [6.45, 7) is 3.36. The molecule has 0 bridgehead atoms. The van der Waals surface area contributed by atoms with Gasteiger partial charge in [0.25, 0.3) is 11.8 Å². The van der Waals surface area contributed by atoms with Crippen LogP contribution in [0, 0.1) is 5.92 Å². The molecule has 182 valence electrons. The van der Waals surface area contributed by atoms with Gasteiger partial charge in [-0.3, -0.25) is 19.5 Å². The first-order chi connectivity index (χ1) is 17.0. The van der Waals surface area contributed by atoms with Gasteiger partial charge < -0.3 is 14.6 Å². The van der Waals surface area contributed by atoms with Crippen LogP contribution in [0.5, 0.6) is 0 Å². The Balaban J connectivity index is 1.27. The van der Waals surface area contributed by atoms with E-state index in [0.717, 1.165) is 17.5 Å².